The van der Waals surface area contributed by atoms with Crippen LogP contribution in [0.3, 0.4) is 0 Å². The van der Waals surface area contributed by atoms with Crippen LogP contribution in [-0.4, -0.2) is 79.0 Å². The highest BCUT2D eigenvalue weighted by atomic mass is 16.5. The van der Waals surface area contributed by atoms with E-state index in [1.165, 1.54) is 5.56 Å². The van der Waals surface area contributed by atoms with Crippen LogP contribution in [0.5, 0.6) is 0 Å². The molecule has 2 fully saturated rings. The number of hydrogen-bond donors (Lipinski definition) is 0. The molecule has 148 valence electrons. The van der Waals surface area contributed by atoms with Crippen LogP contribution in [0.4, 0.5) is 0 Å². The lowest BCUT2D eigenvalue weighted by Gasteiger charge is -2.38. The van der Waals surface area contributed by atoms with E-state index in [1.807, 2.05) is 0 Å². The van der Waals surface area contributed by atoms with E-state index in [4.69, 9.17) is 4.74 Å². The zero-order valence-electron chi connectivity index (χ0n) is 16.3. The molecule has 0 radical (unpaired) electrons. The molecule has 0 unspecified atom stereocenters. The van der Waals surface area contributed by atoms with Gasteiger partial charge in [0.25, 0.3) is 0 Å². The monoisotopic (exact) mass is 373 g/mol. The lowest BCUT2D eigenvalue weighted by atomic mass is 9.96. The molecule has 0 spiro atoms. The number of esters is 1. The largest absolute Gasteiger partial charge is 0.459 e. The van der Waals surface area contributed by atoms with Crippen molar-refractivity contribution < 1.29 is 14.3 Å². The van der Waals surface area contributed by atoms with Crippen LogP contribution in [0.15, 0.2) is 30.3 Å². The van der Waals surface area contributed by atoms with Gasteiger partial charge in [0.1, 0.15) is 0 Å². The number of ether oxygens (including phenoxy) is 1. The van der Waals surface area contributed by atoms with E-state index in [-0.39, 0.29) is 6.61 Å². The molecule has 0 aliphatic carbocycles. The van der Waals surface area contributed by atoms with Gasteiger partial charge in [-0.2, -0.15) is 0 Å². The van der Waals surface area contributed by atoms with Gasteiger partial charge in [0.2, 0.25) is 0 Å². The summed E-state index contributed by atoms with van der Waals surface area (Å²) in [5.74, 6) is -0.591. The van der Waals surface area contributed by atoms with Crippen molar-refractivity contribution >= 4 is 11.9 Å². The lowest BCUT2D eigenvalue weighted by molar-refractivity contribution is -0.160. The molecule has 1 amide bonds. The summed E-state index contributed by atoms with van der Waals surface area (Å²) >= 11 is 0. The Balaban J connectivity index is 1.35. The number of hydrogen-bond acceptors (Lipinski definition) is 5. The number of amides is 1. The Morgan fingerprint density at radius 1 is 0.963 bits per heavy atom. The van der Waals surface area contributed by atoms with Crippen LogP contribution in [0, 0.1) is 5.92 Å². The second-order valence-electron chi connectivity index (χ2n) is 7.52. The summed E-state index contributed by atoms with van der Waals surface area (Å²) < 4.78 is 4.81. The number of piperazine rings is 1. The van der Waals surface area contributed by atoms with Crippen molar-refractivity contribution in [3.8, 4) is 0 Å². The Morgan fingerprint density at radius 2 is 1.59 bits per heavy atom. The van der Waals surface area contributed by atoms with Gasteiger partial charge in [-0.1, -0.05) is 30.3 Å². The summed E-state index contributed by atoms with van der Waals surface area (Å²) in [6.07, 6.45) is 1.94. The maximum absolute atomic E-state index is 12.0. The molecule has 1 aromatic carbocycles. The van der Waals surface area contributed by atoms with Crippen molar-refractivity contribution in [3.05, 3.63) is 35.9 Å². The molecule has 2 aliphatic heterocycles. The smallest absolute Gasteiger partial charge is 0.397 e. The van der Waals surface area contributed by atoms with Gasteiger partial charge in [-0.15, -0.1) is 0 Å². The summed E-state index contributed by atoms with van der Waals surface area (Å²) in [5, 5.41) is 0. The van der Waals surface area contributed by atoms with Crippen molar-refractivity contribution in [3.63, 3.8) is 0 Å². The maximum atomic E-state index is 12.0. The molecule has 0 saturated carbocycles. The molecule has 3 rings (SSSR count). The highest BCUT2D eigenvalue weighted by Crippen LogP contribution is 2.20. The van der Waals surface area contributed by atoms with E-state index >= 15 is 0 Å². The fourth-order valence-corrected chi connectivity index (χ4v) is 3.98. The number of benzene rings is 1. The Hall–Kier alpha value is -1.92. The SMILES string of the molecule is CCOC(=O)C(=O)N1CCC(CN2CCN(Cc3ccccc3)CC2)CC1. The van der Waals surface area contributed by atoms with Gasteiger partial charge in [-0.25, -0.2) is 4.79 Å². The molecule has 1 aromatic rings. The predicted molar refractivity (Wildman–Crippen MR) is 104 cm³/mol. The fourth-order valence-electron chi connectivity index (χ4n) is 3.98. The van der Waals surface area contributed by atoms with Gasteiger partial charge in [0, 0.05) is 52.4 Å². The van der Waals surface area contributed by atoms with Gasteiger partial charge in [-0.3, -0.25) is 9.69 Å². The van der Waals surface area contributed by atoms with Gasteiger partial charge in [0.15, 0.2) is 0 Å². The van der Waals surface area contributed by atoms with Crippen LogP contribution in [0.2, 0.25) is 0 Å². The minimum Gasteiger partial charge on any atom is -0.459 e. The summed E-state index contributed by atoms with van der Waals surface area (Å²) in [4.78, 5) is 30.3. The minimum absolute atomic E-state index is 0.247. The van der Waals surface area contributed by atoms with E-state index < -0.39 is 11.9 Å². The second kappa shape index (κ2) is 9.85. The number of nitrogens with zero attached hydrogens (tertiary/aromatic N) is 3. The molecular formula is C21H31N3O3. The number of likely N-dealkylation sites (tertiary alicyclic amines) is 1. The van der Waals surface area contributed by atoms with E-state index in [1.54, 1.807) is 11.8 Å². The molecule has 6 heteroatoms. The highest BCUT2D eigenvalue weighted by Gasteiger charge is 2.29. The Morgan fingerprint density at radius 3 is 2.22 bits per heavy atom. The lowest BCUT2D eigenvalue weighted by Crippen LogP contribution is -2.49. The molecule has 0 bridgehead atoms. The van der Waals surface area contributed by atoms with Crippen molar-refractivity contribution in [2.24, 2.45) is 5.92 Å². The van der Waals surface area contributed by atoms with Crippen LogP contribution in [0.1, 0.15) is 25.3 Å². The minimum atomic E-state index is -0.717. The Labute approximate surface area is 162 Å². The number of rotatable bonds is 5. The fraction of sp³-hybridized carbons (Fsp3) is 0.619. The van der Waals surface area contributed by atoms with E-state index in [9.17, 15) is 9.59 Å². The summed E-state index contributed by atoms with van der Waals surface area (Å²) in [6.45, 7) is 9.85. The van der Waals surface area contributed by atoms with Crippen LogP contribution < -0.4 is 0 Å². The van der Waals surface area contributed by atoms with Crippen molar-refractivity contribution in [2.45, 2.75) is 26.3 Å². The van der Waals surface area contributed by atoms with Crippen LogP contribution in [0.25, 0.3) is 0 Å². The molecule has 0 aromatic heterocycles. The number of carbonyl (C=O) groups excluding carboxylic acids is 2. The molecule has 6 nitrogen and oxygen atoms in total. The molecule has 0 N–H and O–H groups in total. The second-order valence-corrected chi connectivity index (χ2v) is 7.52. The third-order valence-electron chi connectivity index (χ3n) is 5.58. The normalized spacial score (nSPS) is 19.8. The van der Waals surface area contributed by atoms with Crippen LogP contribution in [-0.2, 0) is 20.9 Å². The molecule has 0 atom stereocenters. The number of carbonyl (C=O) groups is 2. The van der Waals surface area contributed by atoms with Crippen molar-refractivity contribution in [2.75, 3.05) is 52.4 Å². The summed E-state index contributed by atoms with van der Waals surface area (Å²) in [6, 6.07) is 10.7. The first kappa shape index (κ1) is 19.8. The average Bonchev–Trinajstić information content (AvgIpc) is 2.70. The number of piperidine rings is 1. The third kappa shape index (κ3) is 5.78. The maximum Gasteiger partial charge on any atom is 0.397 e. The third-order valence-corrected chi connectivity index (χ3v) is 5.58. The van der Waals surface area contributed by atoms with Gasteiger partial charge in [0.05, 0.1) is 6.61 Å². The molecule has 27 heavy (non-hydrogen) atoms. The van der Waals surface area contributed by atoms with Crippen molar-refractivity contribution in [1.29, 1.82) is 0 Å². The standard InChI is InChI=1S/C21H31N3O3/c1-2-27-21(26)20(25)24-10-8-19(9-11-24)17-23-14-12-22(13-15-23)16-18-6-4-3-5-7-18/h3-7,19H,2,8-17H2,1H3. The molecular weight excluding hydrogens is 342 g/mol. The van der Waals surface area contributed by atoms with E-state index in [2.05, 4.69) is 40.1 Å². The van der Waals surface area contributed by atoms with Crippen LogP contribution >= 0.6 is 0 Å². The topological polar surface area (TPSA) is 53.1 Å². The first-order valence-electron chi connectivity index (χ1n) is 10.1. The Kier molecular flexibility index (Phi) is 7.24. The zero-order valence-corrected chi connectivity index (χ0v) is 16.3. The van der Waals surface area contributed by atoms with Gasteiger partial charge < -0.3 is 14.5 Å². The molecule has 2 heterocycles. The Bertz CT molecular complexity index is 606. The average molecular weight is 373 g/mol. The predicted octanol–water partition coefficient (Wildman–Crippen LogP) is 1.61. The summed E-state index contributed by atoms with van der Waals surface area (Å²) in [7, 11) is 0. The van der Waals surface area contributed by atoms with E-state index in [0.29, 0.717) is 19.0 Å². The van der Waals surface area contributed by atoms with E-state index in [0.717, 1.165) is 52.1 Å². The molecule has 2 aliphatic rings. The van der Waals surface area contributed by atoms with Gasteiger partial charge in [-0.05, 0) is 31.2 Å². The summed E-state index contributed by atoms with van der Waals surface area (Å²) in [5.41, 5.74) is 1.38. The first-order valence-corrected chi connectivity index (χ1v) is 10.1. The first-order chi connectivity index (χ1) is 13.2. The van der Waals surface area contributed by atoms with Gasteiger partial charge >= 0.3 is 11.9 Å². The zero-order chi connectivity index (χ0) is 19.1. The van der Waals surface area contributed by atoms with Crippen molar-refractivity contribution in [1.82, 2.24) is 14.7 Å². The quantitative estimate of drug-likeness (QED) is 0.580. The molecule has 2 saturated heterocycles. The highest BCUT2D eigenvalue weighted by molar-refractivity contribution is 6.32.